The predicted molar refractivity (Wildman–Crippen MR) is 63.6 cm³/mol. The van der Waals surface area contributed by atoms with Crippen LogP contribution in [0.3, 0.4) is 0 Å². The first-order valence-electron chi connectivity index (χ1n) is 6.39. The van der Waals surface area contributed by atoms with E-state index in [9.17, 15) is 9.59 Å². The minimum absolute atomic E-state index is 0.0979. The van der Waals surface area contributed by atoms with Gasteiger partial charge in [-0.15, -0.1) is 0 Å². The van der Waals surface area contributed by atoms with Gasteiger partial charge in [-0.1, -0.05) is 13.3 Å². The van der Waals surface area contributed by atoms with Gasteiger partial charge in [-0.25, -0.2) is 0 Å². The molecule has 1 rings (SSSR count). The van der Waals surface area contributed by atoms with Gasteiger partial charge in [0.1, 0.15) is 0 Å². The van der Waals surface area contributed by atoms with E-state index in [-0.39, 0.29) is 11.9 Å². The number of carbonyl (C=O) groups excluding carboxylic acids is 1. The average molecular weight is 242 g/mol. The fourth-order valence-corrected chi connectivity index (χ4v) is 2.14. The zero-order valence-electron chi connectivity index (χ0n) is 10.7. The SMILES string of the molecule is CCCCOC(=O)C1CCC(C)(C(=O)O)CC1. The molecule has 1 saturated carbocycles. The van der Waals surface area contributed by atoms with Crippen LogP contribution in [0.4, 0.5) is 0 Å². The van der Waals surface area contributed by atoms with Gasteiger partial charge >= 0.3 is 11.9 Å². The van der Waals surface area contributed by atoms with Gasteiger partial charge in [0.05, 0.1) is 17.9 Å². The van der Waals surface area contributed by atoms with E-state index in [1.807, 2.05) is 6.92 Å². The van der Waals surface area contributed by atoms with Crippen LogP contribution in [0.15, 0.2) is 0 Å². The number of ether oxygens (including phenoxy) is 1. The zero-order valence-corrected chi connectivity index (χ0v) is 10.7. The molecule has 98 valence electrons. The van der Waals surface area contributed by atoms with Crippen molar-refractivity contribution in [1.82, 2.24) is 0 Å². The summed E-state index contributed by atoms with van der Waals surface area (Å²) in [6.45, 7) is 4.29. The molecule has 17 heavy (non-hydrogen) atoms. The molecule has 1 fully saturated rings. The highest BCUT2D eigenvalue weighted by atomic mass is 16.5. The van der Waals surface area contributed by atoms with E-state index < -0.39 is 11.4 Å². The Morgan fingerprint density at radius 2 is 1.94 bits per heavy atom. The second-order valence-electron chi connectivity index (χ2n) is 5.16. The van der Waals surface area contributed by atoms with Crippen LogP contribution < -0.4 is 0 Å². The van der Waals surface area contributed by atoms with Crippen molar-refractivity contribution in [3.05, 3.63) is 0 Å². The summed E-state index contributed by atoms with van der Waals surface area (Å²) < 4.78 is 5.16. The molecule has 0 radical (unpaired) electrons. The van der Waals surface area contributed by atoms with E-state index in [2.05, 4.69) is 0 Å². The first kappa shape index (κ1) is 14.0. The number of carboxylic acids is 1. The third-order valence-electron chi connectivity index (χ3n) is 3.68. The molecule has 0 heterocycles. The lowest BCUT2D eigenvalue weighted by Crippen LogP contribution is -2.35. The molecule has 1 N–H and O–H groups in total. The van der Waals surface area contributed by atoms with Crippen molar-refractivity contribution in [2.45, 2.75) is 52.4 Å². The smallest absolute Gasteiger partial charge is 0.309 e. The minimum atomic E-state index is -0.754. The number of esters is 1. The molecule has 0 bridgehead atoms. The predicted octanol–water partition coefficient (Wildman–Crippen LogP) is 2.61. The molecule has 4 heteroatoms. The molecule has 0 atom stereocenters. The van der Waals surface area contributed by atoms with Crippen LogP contribution in [-0.2, 0) is 14.3 Å². The monoisotopic (exact) mass is 242 g/mol. The van der Waals surface area contributed by atoms with Crippen LogP contribution in [0.1, 0.15) is 52.4 Å². The number of carbonyl (C=O) groups is 2. The van der Waals surface area contributed by atoms with Gasteiger partial charge in [0.25, 0.3) is 0 Å². The molecule has 0 aromatic carbocycles. The number of aliphatic carboxylic acids is 1. The summed E-state index contributed by atoms with van der Waals surface area (Å²) in [7, 11) is 0. The van der Waals surface area contributed by atoms with E-state index in [0.717, 1.165) is 12.8 Å². The maximum absolute atomic E-state index is 11.7. The Labute approximate surface area is 102 Å². The Morgan fingerprint density at radius 1 is 1.35 bits per heavy atom. The van der Waals surface area contributed by atoms with Gasteiger partial charge in [0.2, 0.25) is 0 Å². The molecule has 0 aromatic rings. The van der Waals surface area contributed by atoms with Gasteiger partial charge in [0.15, 0.2) is 0 Å². The summed E-state index contributed by atoms with van der Waals surface area (Å²) in [5, 5.41) is 9.08. The molecule has 1 aliphatic rings. The highest BCUT2D eigenvalue weighted by Crippen LogP contribution is 2.39. The lowest BCUT2D eigenvalue weighted by molar-refractivity contribution is -0.156. The normalized spacial score (nSPS) is 28.7. The van der Waals surface area contributed by atoms with E-state index in [1.54, 1.807) is 6.92 Å². The molecule has 0 amide bonds. The Hall–Kier alpha value is -1.06. The molecule has 0 saturated heterocycles. The number of rotatable bonds is 5. The van der Waals surface area contributed by atoms with Crippen molar-refractivity contribution in [2.75, 3.05) is 6.61 Å². The lowest BCUT2D eigenvalue weighted by atomic mass is 9.72. The minimum Gasteiger partial charge on any atom is -0.481 e. The molecule has 1 aliphatic carbocycles. The summed E-state index contributed by atoms with van der Waals surface area (Å²) in [5.41, 5.74) is -0.653. The first-order chi connectivity index (χ1) is 7.99. The van der Waals surface area contributed by atoms with Gasteiger partial charge < -0.3 is 9.84 Å². The maximum Gasteiger partial charge on any atom is 0.309 e. The summed E-state index contributed by atoms with van der Waals surface area (Å²) in [6.07, 6.45) is 4.30. The summed E-state index contributed by atoms with van der Waals surface area (Å²) in [4.78, 5) is 22.7. The topological polar surface area (TPSA) is 63.6 Å². The van der Waals surface area contributed by atoms with Crippen molar-refractivity contribution in [2.24, 2.45) is 11.3 Å². The van der Waals surface area contributed by atoms with Crippen molar-refractivity contribution in [3.63, 3.8) is 0 Å². The Kier molecular flexibility index (Phi) is 4.97. The van der Waals surface area contributed by atoms with Crippen LogP contribution in [0, 0.1) is 11.3 Å². The maximum atomic E-state index is 11.7. The van der Waals surface area contributed by atoms with Gasteiger partial charge in [0, 0.05) is 0 Å². The largest absolute Gasteiger partial charge is 0.481 e. The van der Waals surface area contributed by atoms with Crippen LogP contribution in [0.5, 0.6) is 0 Å². The van der Waals surface area contributed by atoms with Crippen LogP contribution in [-0.4, -0.2) is 23.7 Å². The zero-order chi connectivity index (χ0) is 12.9. The average Bonchev–Trinajstić information content (AvgIpc) is 2.30. The van der Waals surface area contributed by atoms with E-state index >= 15 is 0 Å². The number of hydrogen-bond donors (Lipinski definition) is 1. The first-order valence-corrected chi connectivity index (χ1v) is 6.39. The van der Waals surface area contributed by atoms with Crippen LogP contribution in [0.25, 0.3) is 0 Å². The van der Waals surface area contributed by atoms with Crippen LogP contribution in [0.2, 0.25) is 0 Å². The van der Waals surface area contributed by atoms with Crippen molar-refractivity contribution >= 4 is 11.9 Å². The summed E-state index contributed by atoms with van der Waals surface area (Å²) in [6, 6.07) is 0. The molecular formula is C13H22O4. The summed E-state index contributed by atoms with van der Waals surface area (Å²) >= 11 is 0. The molecule has 0 aromatic heterocycles. The van der Waals surface area contributed by atoms with E-state index in [1.165, 1.54) is 0 Å². The third kappa shape index (κ3) is 3.72. The van der Waals surface area contributed by atoms with Crippen molar-refractivity contribution in [3.8, 4) is 0 Å². The van der Waals surface area contributed by atoms with Crippen LogP contribution >= 0.6 is 0 Å². The Balaban J connectivity index is 2.36. The quantitative estimate of drug-likeness (QED) is 0.594. The van der Waals surface area contributed by atoms with Gasteiger partial charge in [-0.05, 0) is 39.0 Å². The molecular weight excluding hydrogens is 220 g/mol. The fourth-order valence-electron chi connectivity index (χ4n) is 2.14. The highest BCUT2D eigenvalue weighted by molar-refractivity contribution is 5.76. The second kappa shape index (κ2) is 6.03. The molecule has 0 unspecified atom stereocenters. The summed E-state index contributed by atoms with van der Waals surface area (Å²) in [5.74, 6) is -1.000. The van der Waals surface area contributed by atoms with E-state index in [0.29, 0.717) is 32.3 Å². The standard InChI is InChI=1S/C13H22O4/c1-3-4-9-17-11(14)10-5-7-13(2,8-6-10)12(15)16/h10H,3-9H2,1-2H3,(H,15,16). The highest BCUT2D eigenvalue weighted by Gasteiger charge is 2.39. The lowest BCUT2D eigenvalue weighted by Gasteiger charge is -2.32. The number of hydrogen-bond acceptors (Lipinski definition) is 3. The molecule has 0 aliphatic heterocycles. The second-order valence-corrected chi connectivity index (χ2v) is 5.16. The van der Waals surface area contributed by atoms with Crippen molar-refractivity contribution < 1.29 is 19.4 Å². The number of unbranched alkanes of at least 4 members (excludes halogenated alkanes) is 1. The molecule has 4 nitrogen and oxygen atoms in total. The Morgan fingerprint density at radius 3 is 2.41 bits per heavy atom. The van der Waals surface area contributed by atoms with Crippen molar-refractivity contribution in [1.29, 1.82) is 0 Å². The fraction of sp³-hybridized carbons (Fsp3) is 0.846. The third-order valence-corrected chi connectivity index (χ3v) is 3.68. The number of carboxylic acid groups (broad SMARTS) is 1. The Bertz CT molecular complexity index is 277. The van der Waals surface area contributed by atoms with Gasteiger partial charge in [-0.2, -0.15) is 0 Å². The van der Waals surface area contributed by atoms with E-state index in [4.69, 9.17) is 9.84 Å². The molecule has 0 spiro atoms. The van der Waals surface area contributed by atoms with Gasteiger partial charge in [-0.3, -0.25) is 9.59 Å².